The van der Waals surface area contributed by atoms with Crippen LogP contribution >= 0.6 is 0 Å². The highest BCUT2D eigenvalue weighted by atomic mass is 19.3. The zero-order valence-corrected chi connectivity index (χ0v) is 6.85. The Labute approximate surface area is 73.2 Å². The molecule has 0 amide bonds. The van der Waals surface area contributed by atoms with Crippen LogP contribution in [-0.2, 0) is 0 Å². The molecule has 0 N–H and O–H groups in total. The Hall–Kier alpha value is -1.32. The number of hydrogen-bond donors (Lipinski definition) is 0. The molecule has 0 bridgehead atoms. The van der Waals surface area contributed by atoms with Crippen molar-refractivity contribution in [3.8, 4) is 0 Å². The van der Waals surface area contributed by atoms with E-state index in [1.165, 1.54) is 12.1 Å². The van der Waals surface area contributed by atoms with Crippen LogP contribution in [0.5, 0.6) is 0 Å². The van der Waals surface area contributed by atoms with Gasteiger partial charge in [0.05, 0.1) is 5.56 Å². The lowest BCUT2D eigenvalue weighted by atomic mass is 10.1. The Morgan fingerprint density at radius 3 is 2.31 bits per heavy atom. The van der Waals surface area contributed by atoms with E-state index in [0.29, 0.717) is 6.92 Å². The van der Waals surface area contributed by atoms with Crippen molar-refractivity contribution in [3.05, 3.63) is 35.6 Å². The Morgan fingerprint density at radius 2 is 1.85 bits per heavy atom. The second-order valence-electron chi connectivity index (χ2n) is 2.70. The first-order valence-corrected chi connectivity index (χ1v) is 3.60. The molecule has 1 rings (SSSR count). The van der Waals surface area contributed by atoms with E-state index < -0.39 is 23.1 Å². The smallest absolute Gasteiger partial charge is 0.287 e. The minimum absolute atomic E-state index is 0.446. The van der Waals surface area contributed by atoms with E-state index in [4.69, 9.17) is 0 Å². The number of carbonyl (C=O) groups is 1. The number of benzene rings is 1. The standard InChI is InChI=1S/C9H7F3O/c1-9(11,12)8(13)6-4-2-3-5-7(6)10/h2-5H,1H3. The Bertz CT molecular complexity index is 328. The van der Waals surface area contributed by atoms with Crippen molar-refractivity contribution < 1.29 is 18.0 Å². The third-order valence-corrected chi connectivity index (χ3v) is 1.52. The minimum Gasteiger partial charge on any atom is -0.287 e. The average Bonchev–Trinajstić information content (AvgIpc) is 2.02. The van der Waals surface area contributed by atoms with Crippen LogP contribution in [0.15, 0.2) is 24.3 Å². The SMILES string of the molecule is CC(F)(F)C(=O)c1ccccc1F. The summed E-state index contributed by atoms with van der Waals surface area (Å²) in [6, 6.07) is 4.68. The van der Waals surface area contributed by atoms with Crippen molar-refractivity contribution in [2.45, 2.75) is 12.8 Å². The molecule has 0 aliphatic heterocycles. The van der Waals surface area contributed by atoms with Crippen LogP contribution in [0.25, 0.3) is 0 Å². The maximum absolute atomic E-state index is 12.8. The fourth-order valence-corrected chi connectivity index (χ4v) is 0.882. The van der Waals surface area contributed by atoms with E-state index in [9.17, 15) is 18.0 Å². The first-order chi connectivity index (χ1) is 5.93. The van der Waals surface area contributed by atoms with Crippen molar-refractivity contribution in [2.75, 3.05) is 0 Å². The fraction of sp³-hybridized carbons (Fsp3) is 0.222. The first-order valence-electron chi connectivity index (χ1n) is 3.60. The lowest BCUT2D eigenvalue weighted by Gasteiger charge is -2.08. The first kappa shape index (κ1) is 9.77. The van der Waals surface area contributed by atoms with Crippen LogP contribution in [0, 0.1) is 5.82 Å². The molecule has 0 unspecified atom stereocenters. The zero-order valence-electron chi connectivity index (χ0n) is 6.85. The van der Waals surface area contributed by atoms with Gasteiger partial charge >= 0.3 is 5.92 Å². The monoisotopic (exact) mass is 188 g/mol. The molecule has 1 aromatic rings. The second-order valence-corrected chi connectivity index (χ2v) is 2.70. The van der Waals surface area contributed by atoms with Crippen molar-refractivity contribution in [2.24, 2.45) is 0 Å². The quantitative estimate of drug-likeness (QED) is 0.652. The van der Waals surface area contributed by atoms with Gasteiger partial charge < -0.3 is 0 Å². The van der Waals surface area contributed by atoms with Gasteiger partial charge in [0, 0.05) is 6.92 Å². The molecule has 0 aliphatic carbocycles. The summed E-state index contributed by atoms with van der Waals surface area (Å²) in [5.41, 5.74) is -0.574. The Kier molecular flexibility index (Phi) is 2.40. The van der Waals surface area contributed by atoms with E-state index in [2.05, 4.69) is 0 Å². The van der Waals surface area contributed by atoms with Crippen molar-refractivity contribution >= 4 is 5.78 Å². The van der Waals surface area contributed by atoms with Crippen LogP contribution in [0.2, 0.25) is 0 Å². The molecule has 0 aromatic heterocycles. The van der Waals surface area contributed by atoms with Crippen LogP contribution < -0.4 is 0 Å². The van der Waals surface area contributed by atoms with Crippen LogP contribution in [0.4, 0.5) is 13.2 Å². The van der Waals surface area contributed by atoms with Gasteiger partial charge in [-0.25, -0.2) is 4.39 Å². The summed E-state index contributed by atoms with van der Waals surface area (Å²) in [4.78, 5) is 10.9. The van der Waals surface area contributed by atoms with E-state index >= 15 is 0 Å². The zero-order chi connectivity index (χ0) is 10.1. The third-order valence-electron chi connectivity index (χ3n) is 1.52. The molecule has 0 spiro atoms. The molecule has 0 aliphatic rings. The van der Waals surface area contributed by atoms with E-state index in [0.717, 1.165) is 12.1 Å². The molecule has 0 fully saturated rings. The van der Waals surface area contributed by atoms with Gasteiger partial charge in [-0.15, -0.1) is 0 Å². The van der Waals surface area contributed by atoms with Crippen molar-refractivity contribution in [1.29, 1.82) is 0 Å². The number of hydrogen-bond acceptors (Lipinski definition) is 1. The fourth-order valence-electron chi connectivity index (χ4n) is 0.882. The maximum Gasteiger partial charge on any atom is 0.307 e. The number of carbonyl (C=O) groups excluding carboxylic acids is 1. The minimum atomic E-state index is -3.53. The highest BCUT2D eigenvalue weighted by Crippen LogP contribution is 2.20. The van der Waals surface area contributed by atoms with Crippen LogP contribution in [-0.4, -0.2) is 11.7 Å². The summed E-state index contributed by atoms with van der Waals surface area (Å²) in [7, 11) is 0. The topological polar surface area (TPSA) is 17.1 Å². The summed E-state index contributed by atoms with van der Waals surface area (Å²) < 4.78 is 37.7. The molecular weight excluding hydrogens is 181 g/mol. The number of alkyl halides is 2. The van der Waals surface area contributed by atoms with Gasteiger partial charge in [0.25, 0.3) is 0 Å². The maximum atomic E-state index is 12.8. The summed E-state index contributed by atoms with van der Waals surface area (Å²) in [6.45, 7) is 0.446. The molecule has 1 nitrogen and oxygen atoms in total. The van der Waals surface area contributed by atoms with Gasteiger partial charge in [-0.3, -0.25) is 4.79 Å². The van der Waals surface area contributed by atoms with Gasteiger partial charge in [-0.2, -0.15) is 8.78 Å². The number of ketones is 1. The molecule has 0 saturated carbocycles. The summed E-state index contributed by atoms with van der Waals surface area (Å²) in [6.07, 6.45) is 0. The molecule has 4 heteroatoms. The predicted molar refractivity (Wildman–Crippen MR) is 41.4 cm³/mol. The molecule has 13 heavy (non-hydrogen) atoms. The Morgan fingerprint density at radius 1 is 1.31 bits per heavy atom. The van der Waals surface area contributed by atoms with Gasteiger partial charge in [0.15, 0.2) is 0 Å². The molecule has 0 radical (unpaired) electrons. The number of Topliss-reactive ketones (excluding diaryl/α,β-unsaturated/α-hetero) is 1. The summed E-state index contributed by atoms with van der Waals surface area (Å²) in [5.74, 6) is -5.94. The molecular formula is C9H7F3O. The van der Waals surface area contributed by atoms with Crippen molar-refractivity contribution in [1.82, 2.24) is 0 Å². The Balaban J connectivity index is 3.10. The van der Waals surface area contributed by atoms with Crippen molar-refractivity contribution in [3.63, 3.8) is 0 Å². The average molecular weight is 188 g/mol. The lowest BCUT2D eigenvalue weighted by molar-refractivity contribution is 0.0217. The number of rotatable bonds is 2. The summed E-state index contributed by atoms with van der Waals surface area (Å²) >= 11 is 0. The van der Waals surface area contributed by atoms with E-state index in [1.807, 2.05) is 0 Å². The van der Waals surface area contributed by atoms with Gasteiger partial charge in [-0.1, -0.05) is 12.1 Å². The molecule has 1 aromatic carbocycles. The van der Waals surface area contributed by atoms with E-state index in [1.54, 1.807) is 0 Å². The molecule has 0 atom stereocenters. The molecule has 70 valence electrons. The molecule has 0 saturated heterocycles. The highest BCUT2D eigenvalue weighted by molar-refractivity contribution is 6.01. The van der Waals surface area contributed by atoms with Crippen LogP contribution in [0.3, 0.4) is 0 Å². The largest absolute Gasteiger partial charge is 0.307 e. The number of halogens is 3. The molecule has 0 heterocycles. The second kappa shape index (κ2) is 3.20. The third kappa shape index (κ3) is 2.08. The summed E-state index contributed by atoms with van der Waals surface area (Å²) in [5, 5.41) is 0. The predicted octanol–water partition coefficient (Wildman–Crippen LogP) is 2.66. The van der Waals surface area contributed by atoms with Crippen LogP contribution in [0.1, 0.15) is 17.3 Å². The van der Waals surface area contributed by atoms with Gasteiger partial charge in [0.2, 0.25) is 5.78 Å². The lowest BCUT2D eigenvalue weighted by Crippen LogP contribution is -2.25. The van der Waals surface area contributed by atoms with Gasteiger partial charge in [0.1, 0.15) is 5.82 Å². The van der Waals surface area contributed by atoms with Gasteiger partial charge in [-0.05, 0) is 12.1 Å². The normalized spacial score (nSPS) is 11.4. The van der Waals surface area contributed by atoms with E-state index in [-0.39, 0.29) is 0 Å². The highest BCUT2D eigenvalue weighted by Gasteiger charge is 2.34.